The monoisotopic (exact) mass is 302 g/mol. The number of carboxylic acids is 1. The Morgan fingerprint density at radius 2 is 1.90 bits per heavy atom. The first-order valence-electron chi connectivity index (χ1n) is 6.20. The van der Waals surface area contributed by atoms with Crippen molar-refractivity contribution >= 4 is 24.1 Å². The van der Waals surface area contributed by atoms with Gasteiger partial charge in [0.05, 0.1) is 11.5 Å². The van der Waals surface area contributed by atoms with Crippen LogP contribution < -0.4 is 0 Å². The van der Waals surface area contributed by atoms with E-state index in [1.807, 2.05) is 11.8 Å². The Labute approximate surface area is 124 Å². The number of rotatable bonds is 8. The van der Waals surface area contributed by atoms with E-state index in [9.17, 15) is 14.9 Å². The molecule has 0 saturated heterocycles. The maximum Gasteiger partial charge on any atom is 0.317 e. The first-order chi connectivity index (χ1) is 9.02. The molecule has 0 radical (unpaired) electrons. The quantitative estimate of drug-likeness (QED) is 0.588. The highest BCUT2D eigenvalue weighted by molar-refractivity contribution is 5.85. The maximum atomic E-state index is 10.7. The number of nitro benzene ring substituents is 1. The Morgan fingerprint density at radius 1 is 1.30 bits per heavy atom. The van der Waals surface area contributed by atoms with Crippen molar-refractivity contribution in [3.63, 3.8) is 0 Å². The fraction of sp³-hybridized carbons (Fsp3) is 0.462. The van der Waals surface area contributed by atoms with Crippen LogP contribution in [0.25, 0.3) is 0 Å². The highest BCUT2D eigenvalue weighted by atomic mass is 35.5. The zero-order chi connectivity index (χ0) is 14.3. The molecule has 1 aromatic carbocycles. The van der Waals surface area contributed by atoms with Crippen molar-refractivity contribution in [3.05, 3.63) is 39.9 Å². The third-order valence-electron chi connectivity index (χ3n) is 2.76. The molecule has 20 heavy (non-hydrogen) atoms. The van der Waals surface area contributed by atoms with Gasteiger partial charge in [0.15, 0.2) is 0 Å². The Hall–Kier alpha value is -1.66. The molecule has 0 aromatic heterocycles. The molecule has 0 unspecified atom stereocenters. The van der Waals surface area contributed by atoms with E-state index in [0.29, 0.717) is 13.0 Å². The maximum absolute atomic E-state index is 10.7. The van der Waals surface area contributed by atoms with Crippen LogP contribution in [-0.2, 0) is 11.2 Å². The third kappa shape index (κ3) is 6.49. The Morgan fingerprint density at radius 3 is 2.35 bits per heavy atom. The standard InChI is InChI=1S/C13H18N2O4.ClH/c1-2-8-14(10-13(16)17)9-7-11-3-5-12(6-4-11)15(18)19;/h3-6H,2,7-10H2,1H3,(H,16,17);1H. The number of benzene rings is 1. The van der Waals surface area contributed by atoms with E-state index < -0.39 is 10.9 Å². The van der Waals surface area contributed by atoms with Gasteiger partial charge >= 0.3 is 5.97 Å². The molecule has 1 aromatic rings. The van der Waals surface area contributed by atoms with Gasteiger partial charge in [0.25, 0.3) is 5.69 Å². The first kappa shape index (κ1) is 18.3. The molecular formula is C13H19ClN2O4. The molecule has 0 aliphatic rings. The second-order valence-electron chi connectivity index (χ2n) is 4.34. The van der Waals surface area contributed by atoms with Gasteiger partial charge in [-0.3, -0.25) is 19.8 Å². The summed E-state index contributed by atoms with van der Waals surface area (Å²) >= 11 is 0. The summed E-state index contributed by atoms with van der Waals surface area (Å²) in [6.45, 7) is 3.40. The Bertz CT molecular complexity index is 437. The summed E-state index contributed by atoms with van der Waals surface area (Å²) in [4.78, 5) is 22.6. The van der Waals surface area contributed by atoms with Crippen molar-refractivity contribution < 1.29 is 14.8 Å². The van der Waals surface area contributed by atoms with E-state index >= 15 is 0 Å². The van der Waals surface area contributed by atoms with Crippen molar-refractivity contribution in [3.8, 4) is 0 Å². The zero-order valence-corrected chi connectivity index (χ0v) is 12.1. The van der Waals surface area contributed by atoms with E-state index in [-0.39, 0.29) is 24.6 Å². The van der Waals surface area contributed by atoms with Crippen molar-refractivity contribution in [2.75, 3.05) is 19.6 Å². The fourth-order valence-corrected chi connectivity index (χ4v) is 1.85. The molecule has 0 bridgehead atoms. The minimum absolute atomic E-state index is 0. The minimum atomic E-state index is -0.836. The van der Waals surface area contributed by atoms with Gasteiger partial charge in [-0.15, -0.1) is 12.4 Å². The SMILES string of the molecule is CCCN(CCc1ccc([N+](=O)[O-])cc1)CC(=O)O.Cl. The molecule has 7 heteroatoms. The highest BCUT2D eigenvalue weighted by Gasteiger charge is 2.09. The van der Waals surface area contributed by atoms with Crippen LogP contribution in [0.3, 0.4) is 0 Å². The van der Waals surface area contributed by atoms with E-state index in [4.69, 9.17) is 5.11 Å². The molecule has 0 aliphatic heterocycles. The fourth-order valence-electron chi connectivity index (χ4n) is 1.85. The van der Waals surface area contributed by atoms with Crippen LogP contribution >= 0.6 is 12.4 Å². The number of aliphatic carboxylic acids is 1. The summed E-state index contributed by atoms with van der Waals surface area (Å²) in [5.74, 6) is -0.836. The van der Waals surface area contributed by atoms with Gasteiger partial charge in [0.1, 0.15) is 0 Å². The lowest BCUT2D eigenvalue weighted by Gasteiger charge is -2.19. The number of hydrogen-bond acceptors (Lipinski definition) is 4. The number of carboxylic acid groups (broad SMARTS) is 1. The first-order valence-corrected chi connectivity index (χ1v) is 6.20. The molecule has 112 valence electrons. The molecule has 0 fully saturated rings. The van der Waals surface area contributed by atoms with Gasteiger partial charge in [-0.1, -0.05) is 19.1 Å². The Balaban J connectivity index is 0.00000361. The topological polar surface area (TPSA) is 83.7 Å². The number of halogens is 1. The summed E-state index contributed by atoms with van der Waals surface area (Å²) < 4.78 is 0. The van der Waals surface area contributed by atoms with E-state index in [1.54, 1.807) is 12.1 Å². The van der Waals surface area contributed by atoms with E-state index in [1.165, 1.54) is 12.1 Å². The van der Waals surface area contributed by atoms with Crippen LogP contribution in [0.4, 0.5) is 5.69 Å². The lowest BCUT2D eigenvalue weighted by Crippen LogP contribution is -2.32. The summed E-state index contributed by atoms with van der Waals surface area (Å²) in [6, 6.07) is 6.36. The van der Waals surface area contributed by atoms with Gasteiger partial charge in [-0.2, -0.15) is 0 Å². The summed E-state index contributed by atoms with van der Waals surface area (Å²) in [5, 5.41) is 19.3. The molecule has 1 N–H and O–H groups in total. The second-order valence-corrected chi connectivity index (χ2v) is 4.34. The largest absolute Gasteiger partial charge is 0.480 e. The lowest BCUT2D eigenvalue weighted by atomic mass is 10.1. The average Bonchev–Trinajstić information content (AvgIpc) is 2.36. The van der Waals surface area contributed by atoms with Gasteiger partial charge in [-0.05, 0) is 24.9 Å². The molecule has 0 atom stereocenters. The van der Waals surface area contributed by atoms with Crippen molar-refractivity contribution in [1.29, 1.82) is 0 Å². The number of non-ortho nitro benzene ring substituents is 1. The molecular weight excluding hydrogens is 284 g/mol. The minimum Gasteiger partial charge on any atom is -0.480 e. The van der Waals surface area contributed by atoms with Gasteiger partial charge in [-0.25, -0.2) is 0 Å². The molecule has 0 heterocycles. The smallest absolute Gasteiger partial charge is 0.317 e. The van der Waals surface area contributed by atoms with Crippen molar-refractivity contribution in [1.82, 2.24) is 4.90 Å². The molecule has 0 spiro atoms. The number of nitro groups is 1. The molecule has 6 nitrogen and oxygen atoms in total. The van der Waals surface area contributed by atoms with Crippen molar-refractivity contribution in [2.45, 2.75) is 19.8 Å². The predicted molar refractivity (Wildman–Crippen MR) is 78.4 cm³/mol. The molecule has 1 rings (SSSR count). The molecule has 0 aliphatic carbocycles. The van der Waals surface area contributed by atoms with E-state index in [2.05, 4.69) is 0 Å². The predicted octanol–water partition coefficient (Wildman–Crippen LogP) is 2.36. The van der Waals surface area contributed by atoms with Crippen LogP contribution in [0.2, 0.25) is 0 Å². The average molecular weight is 303 g/mol. The summed E-state index contributed by atoms with van der Waals surface area (Å²) in [6.07, 6.45) is 1.58. The van der Waals surface area contributed by atoms with Crippen LogP contribution in [0.1, 0.15) is 18.9 Å². The number of nitrogens with zero attached hydrogens (tertiary/aromatic N) is 2. The highest BCUT2D eigenvalue weighted by Crippen LogP contribution is 2.12. The second kappa shape index (κ2) is 9.28. The summed E-state index contributed by atoms with van der Waals surface area (Å²) in [5.41, 5.74) is 1.04. The summed E-state index contributed by atoms with van der Waals surface area (Å²) in [7, 11) is 0. The zero-order valence-electron chi connectivity index (χ0n) is 11.3. The van der Waals surface area contributed by atoms with Gasteiger partial charge in [0.2, 0.25) is 0 Å². The van der Waals surface area contributed by atoms with Gasteiger partial charge in [0, 0.05) is 18.7 Å². The van der Waals surface area contributed by atoms with Crippen LogP contribution in [0, 0.1) is 10.1 Å². The van der Waals surface area contributed by atoms with Gasteiger partial charge < -0.3 is 5.11 Å². The van der Waals surface area contributed by atoms with Crippen LogP contribution in [0.5, 0.6) is 0 Å². The third-order valence-corrected chi connectivity index (χ3v) is 2.76. The van der Waals surface area contributed by atoms with Crippen LogP contribution in [0.15, 0.2) is 24.3 Å². The molecule has 0 amide bonds. The molecule has 0 saturated carbocycles. The van der Waals surface area contributed by atoms with Crippen LogP contribution in [-0.4, -0.2) is 40.5 Å². The van der Waals surface area contributed by atoms with Crippen molar-refractivity contribution in [2.24, 2.45) is 0 Å². The van der Waals surface area contributed by atoms with E-state index in [0.717, 1.165) is 18.5 Å². The number of carbonyl (C=O) groups is 1. The number of hydrogen-bond donors (Lipinski definition) is 1. The normalized spacial score (nSPS) is 10.1. The lowest BCUT2D eigenvalue weighted by molar-refractivity contribution is -0.384. The Kier molecular flexibility index (Phi) is 8.51.